The van der Waals surface area contributed by atoms with Crippen LogP contribution < -0.4 is 0 Å². The number of hydrogen-bond donors (Lipinski definition) is 0. The van der Waals surface area contributed by atoms with E-state index < -0.39 is 0 Å². The Morgan fingerprint density at radius 3 is 2.36 bits per heavy atom. The molecule has 80 valence electrons. The van der Waals surface area contributed by atoms with Gasteiger partial charge in [-0.2, -0.15) is 0 Å². The van der Waals surface area contributed by atoms with Gasteiger partial charge in [0.1, 0.15) is 11.5 Å². The highest BCUT2D eigenvalue weighted by Gasteiger charge is 2.18. The summed E-state index contributed by atoms with van der Waals surface area (Å²) in [6.45, 7) is 8.36. The minimum absolute atomic E-state index is 1.04. The van der Waals surface area contributed by atoms with Gasteiger partial charge in [0.2, 0.25) is 0 Å². The molecule has 0 aliphatic heterocycles. The second kappa shape index (κ2) is 5.23. The lowest BCUT2D eigenvalue weighted by molar-refractivity contribution is 0.446. The van der Waals surface area contributed by atoms with Crippen LogP contribution in [0.4, 0.5) is 0 Å². The van der Waals surface area contributed by atoms with Crippen molar-refractivity contribution in [3.8, 4) is 0 Å². The zero-order valence-corrected chi connectivity index (χ0v) is 9.94. The lowest BCUT2D eigenvalue weighted by atomic mass is 9.95. The molecule has 1 aliphatic carbocycles. The van der Waals surface area contributed by atoms with E-state index in [-0.39, 0.29) is 0 Å². The van der Waals surface area contributed by atoms with Crippen LogP contribution in [-0.2, 0) is 19.3 Å². The molecule has 1 heterocycles. The largest absolute Gasteiger partial charge is 0.466 e. The van der Waals surface area contributed by atoms with Gasteiger partial charge < -0.3 is 4.42 Å². The van der Waals surface area contributed by atoms with Crippen LogP contribution in [0.1, 0.15) is 56.3 Å². The number of rotatable bonds is 1. The molecule has 1 heteroatoms. The molecule has 1 aromatic heterocycles. The van der Waals surface area contributed by atoms with Gasteiger partial charge in [0.05, 0.1) is 0 Å². The van der Waals surface area contributed by atoms with Crippen LogP contribution in [-0.4, -0.2) is 0 Å². The van der Waals surface area contributed by atoms with Gasteiger partial charge in [0.15, 0.2) is 0 Å². The molecule has 1 aromatic rings. The molecule has 0 N–H and O–H groups in total. The summed E-state index contributed by atoms with van der Waals surface area (Å²) in [6, 6.07) is 0. The number of aryl methyl sites for hydroxylation is 2. The van der Waals surface area contributed by atoms with Crippen LogP contribution in [0, 0.1) is 6.92 Å². The van der Waals surface area contributed by atoms with Crippen LogP contribution in [0.5, 0.6) is 0 Å². The molecular formula is C13H22O. The average molecular weight is 194 g/mol. The summed E-state index contributed by atoms with van der Waals surface area (Å²) in [4.78, 5) is 0. The molecule has 0 unspecified atom stereocenters. The maximum atomic E-state index is 5.79. The molecule has 0 fully saturated rings. The summed E-state index contributed by atoms with van der Waals surface area (Å²) in [7, 11) is 0. The van der Waals surface area contributed by atoms with Crippen molar-refractivity contribution in [3.05, 3.63) is 22.6 Å². The van der Waals surface area contributed by atoms with E-state index in [1.54, 1.807) is 0 Å². The normalized spacial score (nSPS) is 14.3. The molecule has 1 aliphatic rings. The zero-order valence-electron chi connectivity index (χ0n) is 9.94. The van der Waals surface area contributed by atoms with Crippen LogP contribution in [0.15, 0.2) is 4.42 Å². The van der Waals surface area contributed by atoms with Crippen molar-refractivity contribution in [2.45, 2.75) is 59.8 Å². The van der Waals surface area contributed by atoms with Gasteiger partial charge in [-0.25, -0.2) is 0 Å². The van der Waals surface area contributed by atoms with Crippen LogP contribution in [0.3, 0.4) is 0 Å². The Hall–Kier alpha value is -0.720. The third-order valence-corrected chi connectivity index (χ3v) is 2.86. The third-order valence-electron chi connectivity index (χ3n) is 2.86. The lowest BCUT2D eigenvalue weighted by Crippen LogP contribution is -1.99. The van der Waals surface area contributed by atoms with Crippen molar-refractivity contribution in [3.63, 3.8) is 0 Å². The molecule has 0 amide bonds. The fourth-order valence-corrected chi connectivity index (χ4v) is 2.12. The first-order chi connectivity index (χ1) is 6.83. The van der Waals surface area contributed by atoms with E-state index in [0.717, 1.165) is 12.8 Å². The Morgan fingerprint density at radius 1 is 1.14 bits per heavy atom. The Kier molecular flexibility index (Phi) is 4.24. The van der Waals surface area contributed by atoms with Crippen LogP contribution >= 0.6 is 0 Å². The zero-order chi connectivity index (χ0) is 10.6. The minimum Gasteiger partial charge on any atom is -0.466 e. The van der Waals surface area contributed by atoms with Crippen LogP contribution in [0.2, 0.25) is 0 Å². The van der Waals surface area contributed by atoms with Gasteiger partial charge in [0, 0.05) is 12.8 Å². The quantitative estimate of drug-likeness (QED) is 0.657. The van der Waals surface area contributed by atoms with Crippen molar-refractivity contribution in [2.24, 2.45) is 0 Å². The lowest BCUT2D eigenvalue weighted by Gasteiger charge is -2.08. The third kappa shape index (κ3) is 2.02. The summed E-state index contributed by atoms with van der Waals surface area (Å²) in [5, 5.41) is 0. The average Bonchev–Trinajstić information content (AvgIpc) is 2.59. The van der Waals surface area contributed by atoms with Gasteiger partial charge in [-0.05, 0) is 37.3 Å². The van der Waals surface area contributed by atoms with Gasteiger partial charge in [-0.1, -0.05) is 20.8 Å². The number of hydrogen-bond acceptors (Lipinski definition) is 1. The smallest absolute Gasteiger partial charge is 0.107 e. The molecule has 14 heavy (non-hydrogen) atoms. The Bertz CT molecular complexity index is 284. The first-order valence-corrected chi connectivity index (χ1v) is 5.93. The molecule has 0 spiro atoms. The summed E-state index contributed by atoms with van der Waals surface area (Å²) >= 11 is 0. The van der Waals surface area contributed by atoms with E-state index in [1.165, 1.54) is 41.9 Å². The summed E-state index contributed by atoms with van der Waals surface area (Å²) in [5.74, 6) is 2.48. The maximum absolute atomic E-state index is 5.79. The van der Waals surface area contributed by atoms with E-state index in [9.17, 15) is 0 Å². The predicted octanol–water partition coefficient (Wildman–Crippen LogP) is 4.06. The first kappa shape index (κ1) is 11.4. The van der Waals surface area contributed by atoms with E-state index in [4.69, 9.17) is 4.42 Å². The molecule has 0 bridgehead atoms. The molecule has 0 radical (unpaired) electrons. The second-order valence-corrected chi connectivity index (χ2v) is 3.61. The topological polar surface area (TPSA) is 13.1 Å². The maximum Gasteiger partial charge on any atom is 0.107 e. The van der Waals surface area contributed by atoms with Gasteiger partial charge in [-0.15, -0.1) is 0 Å². The number of furan rings is 1. The standard InChI is InChI=1S/C11H16O.C2H6/c1-3-10-8(2)9-6-4-5-7-11(9)12-10;1-2/h3-7H2,1-2H3;1-2H3. The minimum atomic E-state index is 1.04. The monoisotopic (exact) mass is 194 g/mol. The summed E-state index contributed by atoms with van der Waals surface area (Å²) in [5.41, 5.74) is 2.94. The summed E-state index contributed by atoms with van der Waals surface area (Å²) in [6.07, 6.45) is 6.10. The fraction of sp³-hybridized carbons (Fsp3) is 0.692. The molecule has 0 saturated heterocycles. The highest BCUT2D eigenvalue weighted by atomic mass is 16.3. The van der Waals surface area contributed by atoms with Crippen molar-refractivity contribution < 1.29 is 4.42 Å². The fourth-order valence-electron chi connectivity index (χ4n) is 2.12. The second-order valence-electron chi connectivity index (χ2n) is 3.61. The Labute approximate surface area is 87.5 Å². The van der Waals surface area contributed by atoms with Gasteiger partial charge in [-0.3, -0.25) is 0 Å². The highest BCUT2D eigenvalue weighted by molar-refractivity contribution is 5.34. The first-order valence-electron chi connectivity index (χ1n) is 5.93. The molecule has 0 aromatic carbocycles. The molecular weight excluding hydrogens is 172 g/mol. The van der Waals surface area contributed by atoms with E-state index in [1.807, 2.05) is 13.8 Å². The molecule has 1 nitrogen and oxygen atoms in total. The molecule has 0 atom stereocenters. The van der Waals surface area contributed by atoms with Crippen molar-refractivity contribution in [2.75, 3.05) is 0 Å². The van der Waals surface area contributed by atoms with Crippen molar-refractivity contribution in [1.82, 2.24) is 0 Å². The highest BCUT2D eigenvalue weighted by Crippen LogP contribution is 2.29. The van der Waals surface area contributed by atoms with Gasteiger partial charge >= 0.3 is 0 Å². The van der Waals surface area contributed by atoms with Crippen molar-refractivity contribution in [1.29, 1.82) is 0 Å². The van der Waals surface area contributed by atoms with E-state index >= 15 is 0 Å². The SMILES string of the molecule is CC.CCc1oc2c(c1C)CCCC2. The van der Waals surface area contributed by atoms with E-state index in [2.05, 4.69) is 13.8 Å². The van der Waals surface area contributed by atoms with E-state index in [0.29, 0.717) is 0 Å². The van der Waals surface area contributed by atoms with Crippen molar-refractivity contribution >= 4 is 0 Å². The molecule has 0 saturated carbocycles. The summed E-state index contributed by atoms with van der Waals surface area (Å²) < 4.78 is 5.79. The van der Waals surface area contributed by atoms with Gasteiger partial charge in [0.25, 0.3) is 0 Å². The van der Waals surface area contributed by atoms with Crippen LogP contribution in [0.25, 0.3) is 0 Å². The predicted molar refractivity (Wildman–Crippen MR) is 60.8 cm³/mol. The Balaban J connectivity index is 0.000000461. The molecule has 2 rings (SSSR count). The number of fused-ring (bicyclic) bond motifs is 1. The Morgan fingerprint density at radius 2 is 1.79 bits per heavy atom.